The van der Waals surface area contributed by atoms with E-state index in [2.05, 4.69) is 11.0 Å². The average molecular weight is 220 g/mol. The lowest BCUT2D eigenvalue weighted by atomic mass is 10.4. The molecule has 0 bridgehead atoms. The first-order valence-electron chi connectivity index (χ1n) is 5.03. The maximum Gasteiger partial charge on any atom is 0.160 e. The highest BCUT2D eigenvalue weighted by Gasteiger charge is 2.29. The first-order valence-corrected chi connectivity index (χ1v) is 5.85. The van der Waals surface area contributed by atoms with Crippen LogP contribution in [0.15, 0.2) is 12.1 Å². The molecule has 0 saturated heterocycles. The van der Waals surface area contributed by atoms with Crippen molar-refractivity contribution in [1.82, 2.24) is 0 Å². The average Bonchev–Trinajstić information content (AvgIpc) is 2.97. The van der Waals surface area contributed by atoms with Gasteiger partial charge in [-0.05, 0) is 25.0 Å². The van der Waals surface area contributed by atoms with Crippen LogP contribution >= 0.6 is 11.3 Å². The van der Waals surface area contributed by atoms with Crippen molar-refractivity contribution in [2.45, 2.75) is 25.3 Å². The van der Waals surface area contributed by atoms with Gasteiger partial charge in [0.2, 0.25) is 0 Å². The van der Waals surface area contributed by atoms with E-state index in [1.54, 1.807) is 0 Å². The maximum atomic E-state index is 10.6. The van der Waals surface area contributed by atoms with E-state index in [0.717, 1.165) is 22.7 Å². The Labute approximate surface area is 92.9 Å². The first kappa shape index (κ1) is 10.2. The van der Waals surface area contributed by atoms with E-state index in [1.807, 2.05) is 12.1 Å². The summed E-state index contributed by atoms with van der Waals surface area (Å²) >= 11 is 1.51. The van der Waals surface area contributed by atoms with Gasteiger partial charge in [0.25, 0.3) is 0 Å². The molecular formula is C11H12N2OS. The minimum Gasteiger partial charge on any atom is -0.359 e. The smallest absolute Gasteiger partial charge is 0.160 e. The summed E-state index contributed by atoms with van der Waals surface area (Å²) in [7, 11) is 0. The molecule has 1 aliphatic carbocycles. The van der Waals surface area contributed by atoms with Crippen molar-refractivity contribution in [3.8, 4) is 6.07 Å². The highest BCUT2D eigenvalue weighted by atomic mass is 32.1. The Hall–Kier alpha value is -1.34. The zero-order valence-corrected chi connectivity index (χ0v) is 9.17. The normalized spacial score (nSPS) is 14.6. The van der Waals surface area contributed by atoms with Crippen LogP contribution < -0.4 is 4.90 Å². The topological polar surface area (TPSA) is 44.1 Å². The molecule has 0 spiro atoms. The molecule has 1 aromatic rings. The molecule has 1 fully saturated rings. The van der Waals surface area contributed by atoms with Gasteiger partial charge in [-0.3, -0.25) is 4.79 Å². The Bertz CT molecular complexity index is 390. The van der Waals surface area contributed by atoms with Crippen LogP contribution in [-0.4, -0.2) is 18.9 Å². The highest BCUT2D eigenvalue weighted by molar-refractivity contribution is 7.17. The standard InChI is InChI=1S/C11H12N2OS/c12-6-1-7-13(9-2-3-9)11-5-4-10(8-14)15-11/h4-5,8-9H,1-3,7H2. The van der Waals surface area contributed by atoms with E-state index < -0.39 is 0 Å². The Morgan fingerprint density at radius 1 is 1.60 bits per heavy atom. The van der Waals surface area contributed by atoms with Gasteiger partial charge in [-0.2, -0.15) is 5.26 Å². The predicted molar refractivity (Wildman–Crippen MR) is 60.3 cm³/mol. The van der Waals surface area contributed by atoms with E-state index in [4.69, 9.17) is 5.26 Å². The van der Waals surface area contributed by atoms with Crippen LogP contribution in [0.3, 0.4) is 0 Å². The molecule has 0 aliphatic heterocycles. The van der Waals surface area contributed by atoms with E-state index in [0.29, 0.717) is 12.5 Å². The van der Waals surface area contributed by atoms with Crippen molar-refractivity contribution in [1.29, 1.82) is 5.26 Å². The summed E-state index contributed by atoms with van der Waals surface area (Å²) in [6, 6.07) is 6.58. The van der Waals surface area contributed by atoms with Gasteiger partial charge in [0.1, 0.15) is 0 Å². The monoisotopic (exact) mass is 220 g/mol. The van der Waals surface area contributed by atoms with Gasteiger partial charge < -0.3 is 4.90 Å². The van der Waals surface area contributed by atoms with Gasteiger partial charge >= 0.3 is 0 Å². The predicted octanol–water partition coefficient (Wildman–Crippen LogP) is 2.44. The largest absolute Gasteiger partial charge is 0.359 e. The molecule has 1 aromatic heterocycles. The minimum absolute atomic E-state index is 0.546. The molecule has 0 unspecified atom stereocenters. The van der Waals surface area contributed by atoms with E-state index in [1.165, 1.54) is 24.2 Å². The molecule has 15 heavy (non-hydrogen) atoms. The first-order chi connectivity index (χ1) is 7.35. The molecule has 2 rings (SSSR count). The molecule has 0 N–H and O–H groups in total. The molecule has 0 radical (unpaired) electrons. The third-order valence-corrected chi connectivity index (χ3v) is 3.51. The van der Waals surface area contributed by atoms with Crippen LogP contribution in [0.4, 0.5) is 5.00 Å². The van der Waals surface area contributed by atoms with Gasteiger partial charge in [0.15, 0.2) is 6.29 Å². The van der Waals surface area contributed by atoms with E-state index >= 15 is 0 Å². The lowest BCUT2D eigenvalue weighted by Gasteiger charge is -2.20. The lowest BCUT2D eigenvalue weighted by molar-refractivity contribution is 0.112. The van der Waals surface area contributed by atoms with Crippen LogP contribution in [0.2, 0.25) is 0 Å². The Morgan fingerprint density at radius 2 is 2.40 bits per heavy atom. The Morgan fingerprint density at radius 3 is 2.93 bits per heavy atom. The molecule has 0 amide bonds. The summed E-state index contributed by atoms with van der Waals surface area (Å²) in [5.74, 6) is 0. The van der Waals surface area contributed by atoms with Gasteiger partial charge in [-0.1, -0.05) is 0 Å². The number of thiophene rings is 1. The number of rotatable bonds is 5. The summed E-state index contributed by atoms with van der Waals surface area (Å²) in [5, 5.41) is 9.71. The summed E-state index contributed by atoms with van der Waals surface area (Å²) in [6.45, 7) is 0.778. The van der Waals surface area contributed by atoms with Crippen molar-refractivity contribution in [3.63, 3.8) is 0 Å². The Balaban J connectivity index is 2.09. The molecule has 0 aromatic carbocycles. The summed E-state index contributed by atoms with van der Waals surface area (Å²) in [4.78, 5) is 13.6. The van der Waals surface area contributed by atoms with Crippen LogP contribution in [0.1, 0.15) is 28.9 Å². The number of aldehydes is 1. The summed E-state index contributed by atoms with van der Waals surface area (Å²) in [6.07, 6.45) is 3.84. The summed E-state index contributed by atoms with van der Waals surface area (Å²) < 4.78 is 0. The zero-order valence-electron chi connectivity index (χ0n) is 8.35. The number of hydrogen-bond acceptors (Lipinski definition) is 4. The van der Waals surface area contributed by atoms with Gasteiger partial charge in [0.05, 0.1) is 22.4 Å². The second kappa shape index (κ2) is 4.45. The van der Waals surface area contributed by atoms with Crippen molar-refractivity contribution >= 4 is 22.6 Å². The fourth-order valence-corrected chi connectivity index (χ4v) is 2.51. The summed E-state index contributed by atoms with van der Waals surface area (Å²) in [5.41, 5.74) is 0. The minimum atomic E-state index is 0.546. The Kier molecular flexibility index (Phi) is 3.02. The third-order valence-electron chi connectivity index (χ3n) is 2.46. The van der Waals surface area contributed by atoms with Gasteiger partial charge in [0, 0.05) is 12.6 Å². The molecule has 78 valence electrons. The SMILES string of the molecule is N#CCCN(c1ccc(C=O)s1)C1CC1. The third kappa shape index (κ3) is 2.37. The van der Waals surface area contributed by atoms with Crippen molar-refractivity contribution in [2.75, 3.05) is 11.4 Å². The fourth-order valence-electron chi connectivity index (χ4n) is 1.59. The number of nitriles is 1. The molecule has 1 heterocycles. The van der Waals surface area contributed by atoms with E-state index in [-0.39, 0.29) is 0 Å². The number of nitrogens with zero attached hydrogens (tertiary/aromatic N) is 2. The molecule has 1 saturated carbocycles. The van der Waals surface area contributed by atoms with Crippen LogP contribution in [0.5, 0.6) is 0 Å². The van der Waals surface area contributed by atoms with Crippen molar-refractivity contribution in [2.24, 2.45) is 0 Å². The number of hydrogen-bond donors (Lipinski definition) is 0. The zero-order chi connectivity index (χ0) is 10.7. The van der Waals surface area contributed by atoms with Gasteiger partial charge in [-0.15, -0.1) is 11.3 Å². The number of carbonyl (C=O) groups excluding carboxylic acids is 1. The maximum absolute atomic E-state index is 10.6. The lowest BCUT2D eigenvalue weighted by Crippen LogP contribution is -2.25. The molecule has 1 aliphatic rings. The van der Waals surface area contributed by atoms with Crippen molar-refractivity contribution < 1.29 is 4.79 Å². The quantitative estimate of drug-likeness (QED) is 0.716. The molecular weight excluding hydrogens is 208 g/mol. The van der Waals surface area contributed by atoms with Gasteiger partial charge in [-0.25, -0.2) is 0 Å². The van der Waals surface area contributed by atoms with Crippen LogP contribution in [0.25, 0.3) is 0 Å². The van der Waals surface area contributed by atoms with Crippen LogP contribution in [-0.2, 0) is 0 Å². The fraction of sp³-hybridized carbons (Fsp3) is 0.455. The molecule has 3 nitrogen and oxygen atoms in total. The second-order valence-electron chi connectivity index (χ2n) is 3.63. The number of carbonyl (C=O) groups is 1. The second-order valence-corrected chi connectivity index (χ2v) is 4.72. The number of anilines is 1. The highest BCUT2D eigenvalue weighted by Crippen LogP contribution is 2.35. The molecule has 0 atom stereocenters. The van der Waals surface area contributed by atoms with Crippen molar-refractivity contribution in [3.05, 3.63) is 17.0 Å². The molecule has 4 heteroatoms. The van der Waals surface area contributed by atoms with Crippen LogP contribution in [0, 0.1) is 11.3 Å². The van der Waals surface area contributed by atoms with E-state index in [9.17, 15) is 4.79 Å².